The topological polar surface area (TPSA) is 55.6 Å². The number of furan rings is 1. The smallest absolute Gasteiger partial charge is 0.260 e. The number of ether oxygens (including phenoxy) is 1. The molecule has 0 aliphatic heterocycles. The van der Waals surface area contributed by atoms with Crippen LogP contribution in [-0.2, 0) is 6.54 Å². The summed E-state index contributed by atoms with van der Waals surface area (Å²) < 4.78 is 11.6. The molecule has 7 heteroatoms. The molecule has 0 aliphatic carbocycles. The molecule has 2 aromatic carbocycles. The minimum atomic E-state index is -0.165. The van der Waals surface area contributed by atoms with E-state index in [1.807, 2.05) is 25.1 Å². The Morgan fingerprint density at radius 2 is 2.04 bits per heavy atom. The van der Waals surface area contributed by atoms with Crippen molar-refractivity contribution in [1.29, 1.82) is 0 Å². The summed E-state index contributed by atoms with van der Waals surface area (Å²) in [7, 11) is 1.59. The SMILES string of the molecule is COc1ccc(C(=O)N(Cc2ccco2)c2nc3c(C)cc(Cl)cc3s2)cc1. The number of nitrogens with zero attached hydrogens (tertiary/aromatic N) is 2. The fraction of sp³-hybridized carbons (Fsp3) is 0.143. The Hall–Kier alpha value is -2.83. The van der Waals surface area contributed by atoms with E-state index in [0.717, 1.165) is 15.8 Å². The fourth-order valence-electron chi connectivity index (χ4n) is 2.93. The molecule has 0 aliphatic rings. The molecule has 0 radical (unpaired) electrons. The van der Waals surface area contributed by atoms with Crippen molar-refractivity contribution in [2.75, 3.05) is 12.0 Å². The number of aromatic nitrogens is 1. The van der Waals surface area contributed by atoms with Gasteiger partial charge in [0.1, 0.15) is 11.5 Å². The number of hydrogen-bond acceptors (Lipinski definition) is 5. The van der Waals surface area contributed by atoms with Crippen LogP contribution in [0.1, 0.15) is 21.7 Å². The number of anilines is 1. The molecular weight excluding hydrogens is 396 g/mol. The van der Waals surface area contributed by atoms with Crippen molar-refractivity contribution < 1.29 is 13.9 Å². The van der Waals surface area contributed by atoms with Crippen molar-refractivity contribution in [2.24, 2.45) is 0 Å². The molecule has 142 valence electrons. The molecule has 5 nitrogen and oxygen atoms in total. The van der Waals surface area contributed by atoms with E-state index in [2.05, 4.69) is 0 Å². The van der Waals surface area contributed by atoms with Gasteiger partial charge in [-0.2, -0.15) is 0 Å². The highest BCUT2D eigenvalue weighted by molar-refractivity contribution is 7.22. The highest BCUT2D eigenvalue weighted by Gasteiger charge is 2.23. The Morgan fingerprint density at radius 3 is 2.71 bits per heavy atom. The summed E-state index contributed by atoms with van der Waals surface area (Å²) in [4.78, 5) is 19.6. The van der Waals surface area contributed by atoms with Crippen LogP contribution in [-0.4, -0.2) is 18.0 Å². The van der Waals surface area contributed by atoms with Gasteiger partial charge >= 0.3 is 0 Å². The molecule has 0 bridgehead atoms. The second kappa shape index (κ2) is 7.66. The van der Waals surface area contributed by atoms with Gasteiger partial charge in [0, 0.05) is 10.6 Å². The molecule has 4 rings (SSSR count). The Morgan fingerprint density at radius 1 is 1.25 bits per heavy atom. The lowest BCUT2D eigenvalue weighted by molar-refractivity contribution is 0.0983. The molecule has 2 aromatic heterocycles. The average molecular weight is 413 g/mol. The summed E-state index contributed by atoms with van der Waals surface area (Å²) in [6.45, 7) is 2.24. The van der Waals surface area contributed by atoms with Crippen molar-refractivity contribution >= 4 is 44.2 Å². The second-order valence-corrected chi connectivity index (χ2v) is 7.71. The first-order chi connectivity index (χ1) is 13.5. The first-order valence-corrected chi connectivity index (χ1v) is 9.79. The first-order valence-electron chi connectivity index (χ1n) is 8.60. The third kappa shape index (κ3) is 3.61. The molecule has 0 saturated heterocycles. The standard InChI is InChI=1S/C21H17ClN2O3S/c1-13-10-15(22)11-18-19(13)23-21(28-18)24(12-17-4-3-9-27-17)20(25)14-5-7-16(26-2)8-6-14/h3-11H,12H2,1-2H3. The van der Waals surface area contributed by atoms with Gasteiger partial charge < -0.3 is 9.15 Å². The summed E-state index contributed by atoms with van der Waals surface area (Å²) >= 11 is 7.62. The number of rotatable bonds is 5. The van der Waals surface area contributed by atoms with E-state index in [0.29, 0.717) is 27.2 Å². The van der Waals surface area contributed by atoms with E-state index in [4.69, 9.17) is 25.7 Å². The van der Waals surface area contributed by atoms with Gasteiger partial charge in [0.25, 0.3) is 5.91 Å². The maximum Gasteiger partial charge on any atom is 0.260 e. The predicted octanol–water partition coefficient (Wildman–Crippen LogP) is 5.71. The van der Waals surface area contributed by atoms with Crippen LogP contribution in [0, 0.1) is 6.92 Å². The molecule has 0 saturated carbocycles. The largest absolute Gasteiger partial charge is 0.497 e. The maximum absolute atomic E-state index is 13.3. The summed E-state index contributed by atoms with van der Waals surface area (Å²) in [5.41, 5.74) is 2.36. The van der Waals surface area contributed by atoms with Crippen molar-refractivity contribution in [3.05, 3.63) is 76.7 Å². The number of carbonyl (C=O) groups excluding carboxylic acids is 1. The third-order valence-corrected chi connectivity index (χ3v) is 5.59. The number of methoxy groups -OCH3 is 1. The zero-order chi connectivity index (χ0) is 19.7. The van der Waals surface area contributed by atoms with Gasteiger partial charge in [0.15, 0.2) is 5.13 Å². The molecular formula is C21H17ClN2O3S. The van der Waals surface area contributed by atoms with Crippen LogP contribution in [0.5, 0.6) is 5.75 Å². The lowest BCUT2D eigenvalue weighted by Gasteiger charge is -2.19. The zero-order valence-corrected chi connectivity index (χ0v) is 16.9. The molecule has 1 amide bonds. The molecule has 0 N–H and O–H groups in total. The van der Waals surface area contributed by atoms with Crippen LogP contribution >= 0.6 is 22.9 Å². The summed E-state index contributed by atoms with van der Waals surface area (Å²) in [6.07, 6.45) is 1.59. The van der Waals surface area contributed by atoms with Gasteiger partial charge in [-0.15, -0.1) is 0 Å². The van der Waals surface area contributed by atoms with Crippen molar-refractivity contribution in [2.45, 2.75) is 13.5 Å². The summed E-state index contributed by atoms with van der Waals surface area (Å²) in [5, 5.41) is 1.25. The van der Waals surface area contributed by atoms with Crippen molar-refractivity contribution in [3.8, 4) is 5.75 Å². The number of thiazole rings is 1. The lowest BCUT2D eigenvalue weighted by atomic mass is 10.2. The third-order valence-electron chi connectivity index (χ3n) is 4.35. The van der Waals surface area contributed by atoms with Gasteiger partial charge in [-0.05, 0) is 61.0 Å². The highest BCUT2D eigenvalue weighted by Crippen LogP contribution is 2.34. The van der Waals surface area contributed by atoms with E-state index >= 15 is 0 Å². The Balaban J connectivity index is 1.76. The van der Waals surface area contributed by atoms with E-state index in [-0.39, 0.29) is 12.5 Å². The molecule has 4 aromatic rings. The molecule has 0 atom stereocenters. The van der Waals surface area contributed by atoms with Gasteiger partial charge in [-0.25, -0.2) is 4.98 Å². The maximum atomic E-state index is 13.3. The normalized spacial score (nSPS) is 11.0. The highest BCUT2D eigenvalue weighted by atomic mass is 35.5. The second-order valence-electron chi connectivity index (χ2n) is 6.27. The van der Waals surface area contributed by atoms with Crippen LogP contribution in [0.15, 0.2) is 59.2 Å². The predicted molar refractivity (Wildman–Crippen MR) is 112 cm³/mol. The Labute approximate surface area is 171 Å². The first kappa shape index (κ1) is 18.5. The van der Waals surface area contributed by atoms with E-state index in [1.54, 1.807) is 48.6 Å². The molecule has 28 heavy (non-hydrogen) atoms. The fourth-order valence-corrected chi connectivity index (χ4v) is 4.35. The van der Waals surface area contributed by atoms with Gasteiger partial charge in [-0.1, -0.05) is 22.9 Å². The van der Waals surface area contributed by atoms with Gasteiger partial charge in [-0.3, -0.25) is 9.69 Å². The van der Waals surface area contributed by atoms with Crippen LogP contribution < -0.4 is 9.64 Å². The molecule has 2 heterocycles. The monoisotopic (exact) mass is 412 g/mol. The van der Waals surface area contributed by atoms with Crippen LogP contribution in [0.4, 0.5) is 5.13 Å². The quantitative estimate of drug-likeness (QED) is 0.421. The van der Waals surface area contributed by atoms with Crippen molar-refractivity contribution in [3.63, 3.8) is 0 Å². The summed E-state index contributed by atoms with van der Waals surface area (Å²) in [5.74, 6) is 1.21. The lowest BCUT2D eigenvalue weighted by Crippen LogP contribution is -2.30. The van der Waals surface area contributed by atoms with Crippen LogP contribution in [0.25, 0.3) is 10.2 Å². The van der Waals surface area contributed by atoms with Crippen LogP contribution in [0.2, 0.25) is 5.02 Å². The number of benzene rings is 2. The zero-order valence-electron chi connectivity index (χ0n) is 15.3. The number of hydrogen-bond donors (Lipinski definition) is 0. The molecule has 0 spiro atoms. The van der Waals surface area contributed by atoms with Crippen molar-refractivity contribution in [1.82, 2.24) is 4.98 Å². The number of halogens is 1. The molecule has 0 unspecified atom stereocenters. The number of fused-ring (bicyclic) bond motifs is 1. The number of carbonyl (C=O) groups is 1. The number of amides is 1. The summed E-state index contributed by atoms with van der Waals surface area (Å²) in [6, 6.07) is 14.4. The minimum Gasteiger partial charge on any atom is -0.497 e. The van der Waals surface area contributed by atoms with E-state index < -0.39 is 0 Å². The van der Waals surface area contributed by atoms with Gasteiger partial charge in [0.05, 0.1) is 30.1 Å². The minimum absolute atomic E-state index is 0.165. The average Bonchev–Trinajstić information content (AvgIpc) is 3.35. The van der Waals surface area contributed by atoms with Gasteiger partial charge in [0.2, 0.25) is 0 Å². The van der Waals surface area contributed by atoms with Crippen LogP contribution in [0.3, 0.4) is 0 Å². The molecule has 0 fully saturated rings. The Kier molecular flexibility index (Phi) is 5.07. The van der Waals surface area contributed by atoms with E-state index in [1.165, 1.54) is 11.3 Å². The Bertz CT molecular complexity index is 1120. The van der Waals surface area contributed by atoms with E-state index in [9.17, 15) is 4.79 Å². The number of aryl methyl sites for hydroxylation is 1.